The van der Waals surface area contributed by atoms with E-state index < -0.39 is 0 Å². The molecule has 1 atom stereocenters. The molecule has 1 aromatic carbocycles. The predicted molar refractivity (Wildman–Crippen MR) is 96.3 cm³/mol. The molecule has 0 bridgehead atoms. The highest BCUT2D eigenvalue weighted by Crippen LogP contribution is 2.24. The minimum Gasteiger partial charge on any atom is -0.494 e. The molecule has 1 aliphatic heterocycles. The van der Waals surface area contributed by atoms with Gasteiger partial charge in [0.1, 0.15) is 5.75 Å². The molecular formula is C18H29ClN2O2. The standard InChI is InChI=1S/C18H28N2O2.ClH/c1-18(2,3)14-6-8-16(9-7-14)22-12-4-5-17(21)20-11-10-15(19)13-20;/h6-9,15H,4-5,10-13,19H2,1-3H3;1H/t15-;/m1./s1. The van der Waals surface area contributed by atoms with E-state index in [1.54, 1.807) is 0 Å². The van der Waals surface area contributed by atoms with Crippen LogP contribution in [0.3, 0.4) is 0 Å². The molecule has 0 aromatic heterocycles. The Kier molecular flexibility index (Phi) is 7.36. The summed E-state index contributed by atoms with van der Waals surface area (Å²) >= 11 is 0. The lowest BCUT2D eigenvalue weighted by Gasteiger charge is -2.19. The molecule has 0 aliphatic carbocycles. The van der Waals surface area contributed by atoms with Crippen molar-refractivity contribution in [1.82, 2.24) is 4.90 Å². The van der Waals surface area contributed by atoms with E-state index in [0.29, 0.717) is 19.6 Å². The number of ether oxygens (including phenoxy) is 1. The minimum atomic E-state index is 0. The number of carbonyl (C=O) groups is 1. The number of hydrogen-bond acceptors (Lipinski definition) is 3. The molecule has 130 valence electrons. The van der Waals surface area contributed by atoms with Crippen molar-refractivity contribution in [2.24, 2.45) is 5.73 Å². The molecule has 23 heavy (non-hydrogen) atoms. The van der Waals surface area contributed by atoms with Crippen LogP contribution in [0.1, 0.15) is 45.6 Å². The summed E-state index contributed by atoms with van der Waals surface area (Å²) in [5, 5.41) is 0. The summed E-state index contributed by atoms with van der Waals surface area (Å²) in [7, 11) is 0. The van der Waals surface area contributed by atoms with E-state index in [1.807, 2.05) is 17.0 Å². The van der Waals surface area contributed by atoms with Crippen LogP contribution in [-0.2, 0) is 10.2 Å². The fraction of sp³-hybridized carbons (Fsp3) is 0.611. The second-order valence-electron chi connectivity index (χ2n) is 7.11. The van der Waals surface area contributed by atoms with Gasteiger partial charge < -0.3 is 15.4 Å². The second kappa shape index (κ2) is 8.55. The molecule has 1 saturated heterocycles. The van der Waals surface area contributed by atoms with Gasteiger partial charge in [0.2, 0.25) is 5.91 Å². The molecule has 2 rings (SSSR count). The van der Waals surface area contributed by atoms with E-state index in [4.69, 9.17) is 10.5 Å². The highest BCUT2D eigenvalue weighted by atomic mass is 35.5. The van der Waals surface area contributed by atoms with Gasteiger partial charge in [-0.25, -0.2) is 0 Å². The number of hydrogen-bond donors (Lipinski definition) is 1. The molecule has 0 radical (unpaired) electrons. The van der Waals surface area contributed by atoms with Gasteiger partial charge in [-0.1, -0.05) is 32.9 Å². The molecule has 1 fully saturated rings. The molecule has 0 unspecified atom stereocenters. The van der Waals surface area contributed by atoms with Crippen molar-refractivity contribution in [2.45, 2.75) is 51.5 Å². The third-order valence-corrected chi connectivity index (χ3v) is 4.10. The Bertz CT molecular complexity index is 497. The van der Waals surface area contributed by atoms with Crippen LogP contribution >= 0.6 is 12.4 Å². The van der Waals surface area contributed by atoms with E-state index in [1.165, 1.54) is 5.56 Å². The van der Waals surface area contributed by atoms with Crippen molar-refractivity contribution >= 4 is 18.3 Å². The third kappa shape index (κ3) is 6.04. The molecule has 0 saturated carbocycles. The van der Waals surface area contributed by atoms with Gasteiger partial charge in [-0.2, -0.15) is 0 Å². The number of nitrogens with two attached hydrogens (primary N) is 1. The minimum absolute atomic E-state index is 0. The van der Waals surface area contributed by atoms with Gasteiger partial charge in [0.25, 0.3) is 0 Å². The van der Waals surface area contributed by atoms with Crippen molar-refractivity contribution < 1.29 is 9.53 Å². The Morgan fingerprint density at radius 1 is 1.30 bits per heavy atom. The third-order valence-electron chi connectivity index (χ3n) is 4.10. The molecule has 1 heterocycles. The highest BCUT2D eigenvalue weighted by molar-refractivity contribution is 5.85. The number of rotatable bonds is 5. The predicted octanol–water partition coefficient (Wildman–Crippen LogP) is 3.12. The Morgan fingerprint density at radius 2 is 1.96 bits per heavy atom. The van der Waals surface area contributed by atoms with Gasteiger partial charge in [-0.3, -0.25) is 4.79 Å². The van der Waals surface area contributed by atoms with Crippen LogP contribution in [0.4, 0.5) is 0 Å². The van der Waals surface area contributed by atoms with Crippen LogP contribution in [0.5, 0.6) is 5.75 Å². The first-order valence-electron chi connectivity index (χ1n) is 8.13. The van der Waals surface area contributed by atoms with E-state index in [-0.39, 0.29) is 29.8 Å². The van der Waals surface area contributed by atoms with Crippen molar-refractivity contribution in [2.75, 3.05) is 19.7 Å². The molecule has 2 N–H and O–H groups in total. The highest BCUT2D eigenvalue weighted by Gasteiger charge is 2.22. The fourth-order valence-electron chi connectivity index (χ4n) is 2.64. The smallest absolute Gasteiger partial charge is 0.222 e. The fourth-order valence-corrected chi connectivity index (χ4v) is 2.64. The zero-order valence-corrected chi connectivity index (χ0v) is 15.2. The number of likely N-dealkylation sites (tertiary alicyclic amines) is 1. The summed E-state index contributed by atoms with van der Waals surface area (Å²) in [5.74, 6) is 1.06. The first kappa shape index (κ1) is 19.8. The van der Waals surface area contributed by atoms with Gasteiger partial charge >= 0.3 is 0 Å². The van der Waals surface area contributed by atoms with Crippen molar-refractivity contribution in [3.8, 4) is 5.75 Å². The average molecular weight is 341 g/mol. The van der Waals surface area contributed by atoms with Crippen LogP contribution in [0, 0.1) is 0 Å². The molecule has 1 amide bonds. The summed E-state index contributed by atoms with van der Waals surface area (Å²) in [4.78, 5) is 13.8. The lowest BCUT2D eigenvalue weighted by molar-refractivity contribution is -0.130. The van der Waals surface area contributed by atoms with Gasteiger partial charge in [0, 0.05) is 25.6 Å². The van der Waals surface area contributed by atoms with Crippen LogP contribution < -0.4 is 10.5 Å². The van der Waals surface area contributed by atoms with E-state index in [9.17, 15) is 4.79 Å². The maximum atomic E-state index is 12.0. The monoisotopic (exact) mass is 340 g/mol. The number of nitrogens with zero attached hydrogens (tertiary/aromatic N) is 1. The first-order chi connectivity index (χ1) is 10.4. The van der Waals surface area contributed by atoms with Crippen molar-refractivity contribution in [3.05, 3.63) is 29.8 Å². The van der Waals surface area contributed by atoms with Crippen LogP contribution in [0.25, 0.3) is 0 Å². The molecule has 0 spiro atoms. The topological polar surface area (TPSA) is 55.6 Å². The molecule has 4 nitrogen and oxygen atoms in total. The SMILES string of the molecule is CC(C)(C)c1ccc(OCCCC(=O)N2CC[C@@H](N)C2)cc1.Cl. The largest absolute Gasteiger partial charge is 0.494 e. The average Bonchev–Trinajstić information content (AvgIpc) is 2.89. The number of halogens is 1. The van der Waals surface area contributed by atoms with Crippen molar-refractivity contribution in [3.63, 3.8) is 0 Å². The lowest BCUT2D eigenvalue weighted by Crippen LogP contribution is -2.31. The maximum Gasteiger partial charge on any atom is 0.222 e. The normalized spacial score (nSPS) is 17.7. The Hall–Kier alpha value is -1.26. The zero-order chi connectivity index (χ0) is 16.2. The second-order valence-corrected chi connectivity index (χ2v) is 7.11. The first-order valence-corrected chi connectivity index (χ1v) is 8.13. The lowest BCUT2D eigenvalue weighted by atomic mass is 9.87. The number of amides is 1. The van der Waals surface area contributed by atoms with E-state index in [2.05, 4.69) is 32.9 Å². The van der Waals surface area contributed by atoms with E-state index in [0.717, 1.165) is 25.1 Å². The van der Waals surface area contributed by atoms with Crippen LogP contribution in [0.2, 0.25) is 0 Å². The van der Waals surface area contributed by atoms with Gasteiger partial charge in [-0.05, 0) is 36.0 Å². The Morgan fingerprint density at radius 3 is 2.48 bits per heavy atom. The summed E-state index contributed by atoms with van der Waals surface area (Å²) in [6, 6.07) is 8.36. The number of carbonyl (C=O) groups excluding carboxylic acids is 1. The molecule has 5 heteroatoms. The quantitative estimate of drug-likeness (QED) is 0.838. The van der Waals surface area contributed by atoms with Gasteiger partial charge in [0.15, 0.2) is 0 Å². The summed E-state index contributed by atoms with van der Waals surface area (Å²) in [5.41, 5.74) is 7.26. The van der Waals surface area contributed by atoms with Gasteiger partial charge in [-0.15, -0.1) is 12.4 Å². The summed E-state index contributed by atoms with van der Waals surface area (Å²) < 4.78 is 5.71. The van der Waals surface area contributed by atoms with Crippen molar-refractivity contribution in [1.29, 1.82) is 0 Å². The summed E-state index contributed by atoms with van der Waals surface area (Å²) in [6.45, 7) is 8.65. The Balaban J connectivity index is 0.00000264. The maximum absolute atomic E-state index is 12.0. The molecule has 1 aliphatic rings. The van der Waals surface area contributed by atoms with Crippen LogP contribution in [-0.4, -0.2) is 36.5 Å². The zero-order valence-electron chi connectivity index (χ0n) is 14.4. The summed E-state index contributed by atoms with van der Waals surface area (Å²) in [6.07, 6.45) is 2.20. The number of benzene rings is 1. The Labute approximate surface area is 145 Å². The molecular weight excluding hydrogens is 312 g/mol. The van der Waals surface area contributed by atoms with E-state index >= 15 is 0 Å². The van der Waals surface area contributed by atoms with Crippen LogP contribution in [0.15, 0.2) is 24.3 Å². The van der Waals surface area contributed by atoms with Gasteiger partial charge in [0.05, 0.1) is 6.61 Å². The molecule has 1 aromatic rings.